The van der Waals surface area contributed by atoms with E-state index in [-0.39, 0.29) is 35.5 Å². The summed E-state index contributed by atoms with van der Waals surface area (Å²) in [4.78, 5) is 12.6. The Morgan fingerprint density at radius 2 is 1.70 bits per heavy atom. The van der Waals surface area contributed by atoms with Crippen LogP contribution >= 0.6 is 0 Å². The molecule has 1 amide bonds. The largest absolute Gasteiger partial charge is 0.494 e. The van der Waals surface area contributed by atoms with Crippen molar-refractivity contribution in [1.29, 1.82) is 0 Å². The van der Waals surface area contributed by atoms with Gasteiger partial charge >= 0.3 is 6.01 Å². The zero-order valence-electron chi connectivity index (χ0n) is 18.1. The van der Waals surface area contributed by atoms with Crippen LogP contribution < -0.4 is 10.1 Å². The van der Waals surface area contributed by atoms with Crippen molar-refractivity contribution in [1.82, 2.24) is 14.5 Å². The Balaban J connectivity index is 1.70. The fourth-order valence-electron chi connectivity index (χ4n) is 2.91. The number of nitrogens with one attached hydrogen (secondary N) is 1. The average Bonchev–Trinajstić information content (AvgIpc) is 3.28. The first-order chi connectivity index (χ1) is 15.9. The monoisotopic (exact) mass is 468 g/mol. The van der Waals surface area contributed by atoms with Gasteiger partial charge in [0, 0.05) is 24.2 Å². The van der Waals surface area contributed by atoms with Crippen LogP contribution in [-0.2, 0) is 10.0 Å². The van der Waals surface area contributed by atoms with E-state index < -0.39 is 15.9 Å². The van der Waals surface area contributed by atoms with Crippen molar-refractivity contribution in [3.63, 3.8) is 0 Å². The van der Waals surface area contributed by atoms with Gasteiger partial charge in [-0.05, 0) is 55.5 Å². The zero-order chi connectivity index (χ0) is 23.8. The molecule has 0 fully saturated rings. The maximum atomic E-state index is 12.8. The van der Waals surface area contributed by atoms with Gasteiger partial charge in [-0.3, -0.25) is 10.1 Å². The second-order valence-electron chi connectivity index (χ2n) is 6.75. The molecule has 0 atom stereocenters. The standard InChI is InChI=1S/C23H24N4O5S/c1-4-15-27(16-5-2)33(29,30)20-13-9-17(10-14-20)21(28)24-23-26-25-22(32-23)18-7-11-19(12-8-18)31-6-3/h4-5,7-14H,1-2,6,15-16H2,3H3,(H,24,26,28). The molecule has 3 rings (SSSR count). The first kappa shape index (κ1) is 23.9. The number of nitrogens with zero attached hydrogens (tertiary/aromatic N) is 3. The lowest BCUT2D eigenvalue weighted by Crippen LogP contribution is -2.31. The Kier molecular flexibility index (Phi) is 7.75. The van der Waals surface area contributed by atoms with Gasteiger partial charge in [0.25, 0.3) is 5.91 Å². The molecule has 2 aromatic carbocycles. The first-order valence-corrected chi connectivity index (χ1v) is 11.5. The third-order valence-electron chi connectivity index (χ3n) is 4.48. The summed E-state index contributed by atoms with van der Waals surface area (Å²) in [7, 11) is -3.75. The molecule has 1 aromatic heterocycles. The van der Waals surface area contributed by atoms with Gasteiger partial charge in [0.05, 0.1) is 11.5 Å². The second-order valence-corrected chi connectivity index (χ2v) is 8.69. The number of ether oxygens (including phenoxy) is 1. The summed E-state index contributed by atoms with van der Waals surface area (Å²) in [6.07, 6.45) is 2.99. The SMILES string of the molecule is C=CCN(CC=C)S(=O)(=O)c1ccc(C(=O)Nc2nnc(-c3ccc(OCC)cc3)o2)cc1. The minimum atomic E-state index is -3.75. The number of carbonyl (C=O) groups is 1. The Hall–Kier alpha value is -3.76. The van der Waals surface area contributed by atoms with E-state index in [2.05, 4.69) is 28.7 Å². The molecule has 3 aromatic rings. The zero-order valence-corrected chi connectivity index (χ0v) is 18.9. The summed E-state index contributed by atoms with van der Waals surface area (Å²) in [6.45, 7) is 9.90. The van der Waals surface area contributed by atoms with E-state index in [1.54, 1.807) is 24.3 Å². The number of carbonyl (C=O) groups excluding carboxylic acids is 1. The van der Waals surface area contributed by atoms with Crippen LogP contribution in [0.4, 0.5) is 6.01 Å². The van der Waals surface area contributed by atoms with E-state index in [0.717, 1.165) is 5.75 Å². The van der Waals surface area contributed by atoms with E-state index in [1.165, 1.54) is 40.7 Å². The lowest BCUT2D eigenvalue weighted by atomic mass is 10.2. The minimum absolute atomic E-state index is 0.0540. The Labute approximate surface area is 192 Å². The lowest BCUT2D eigenvalue weighted by Gasteiger charge is -2.19. The Bertz CT molecular complexity index is 1210. The van der Waals surface area contributed by atoms with Crippen molar-refractivity contribution in [2.45, 2.75) is 11.8 Å². The predicted octanol–water partition coefficient (Wildman–Crippen LogP) is 3.75. The average molecular weight is 469 g/mol. The van der Waals surface area contributed by atoms with Crippen LogP contribution in [-0.4, -0.2) is 48.5 Å². The predicted molar refractivity (Wildman–Crippen MR) is 124 cm³/mol. The first-order valence-electron chi connectivity index (χ1n) is 10.1. The number of aromatic nitrogens is 2. The second kappa shape index (κ2) is 10.7. The third kappa shape index (κ3) is 5.73. The summed E-state index contributed by atoms with van der Waals surface area (Å²) in [6, 6.07) is 12.6. The molecular formula is C23H24N4O5S. The molecule has 0 radical (unpaired) electrons. The molecule has 1 heterocycles. The lowest BCUT2D eigenvalue weighted by molar-refractivity contribution is 0.102. The number of hydrogen-bond acceptors (Lipinski definition) is 7. The molecule has 33 heavy (non-hydrogen) atoms. The van der Waals surface area contributed by atoms with E-state index in [4.69, 9.17) is 9.15 Å². The normalized spacial score (nSPS) is 11.2. The summed E-state index contributed by atoms with van der Waals surface area (Å²) in [5, 5.41) is 10.3. The van der Waals surface area contributed by atoms with Gasteiger partial charge in [-0.15, -0.1) is 18.3 Å². The molecule has 172 valence electrons. The van der Waals surface area contributed by atoms with E-state index >= 15 is 0 Å². The van der Waals surface area contributed by atoms with Crippen molar-refractivity contribution in [2.75, 3.05) is 25.0 Å². The Morgan fingerprint density at radius 3 is 2.27 bits per heavy atom. The molecule has 0 aliphatic rings. The molecule has 9 nitrogen and oxygen atoms in total. The maximum Gasteiger partial charge on any atom is 0.322 e. The fourth-order valence-corrected chi connectivity index (χ4v) is 4.29. The number of hydrogen-bond donors (Lipinski definition) is 1. The van der Waals surface area contributed by atoms with E-state index in [1.807, 2.05) is 6.92 Å². The topological polar surface area (TPSA) is 115 Å². The van der Waals surface area contributed by atoms with Crippen LogP contribution in [0.1, 0.15) is 17.3 Å². The number of benzene rings is 2. The molecule has 1 N–H and O–H groups in total. The molecule has 0 saturated heterocycles. The van der Waals surface area contributed by atoms with Crippen LogP contribution in [0.5, 0.6) is 5.75 Å². The Morgan fingerprint density at radius 1 is 1.06 bits per heavy atom. The highest BCUT2D eigenvalue weighted by molar-refractivity contribution is 7.89. The molecule has 0 bridgehead atoms. The quantitative estimate of drug-likeness (QED) is 0.426. The highest BCUT2D eigenvalue weighted by atomic mass is 32.2. The van der Waals surface area contributed by atoms with Crippen molar-refractivity contribution in [3.8, 4) is 17.2 Å². The van der Waals surface area contributed by atoms with Crippen LogP contribution in [0.3, 0.4) is 0 Å². The molecule has 0 aliphatic carbocycles. The number of amides is 1. The highest BCUT2D eigenvalue weighted by Crippen LogP contribution is 2.23. The van der Waals surface area contributed by atoms with Crippen LogP contribution in [0.15, 0.2) is 83.2 Å². The van der Waals surface area contributed by atoms with Crippen molar-refractivity contribution in [3.05, 3.63) is 79.4 Å². The summed E-state index contributed by atoms with van der Waals surface area (Å²) >= 11 is 0. The van der Waals surface area contributed by atoms with Gasteiger partial charge in [0.1, 0.15) is 5.75 Å². The van der Waals surface area contributed by atoms with Crippen molar-refractivity contribution < 1.29 is 22.4 Å². The van der Waals surface area contributed by atoms with Crippen molar-refractivity contribution in [2.24, 2.45) is 0 Å². The minimum Gasteiger partial charge on any atom is -0.494 e. The van der Waals surface area contributed by atoms with Gasteiger partial charge in [-0.2, -0.15) is 4.31 Å². The number of rotatable bonds is 11. The van der Waals surface area contributed by atoms with Gasteiger partial charge in [-0.25, -0.2) is 8.42 Å². The molecule has 0 saturated carbocycles. The maximum absolute atomic E-state index is 12.8. The third-order valence-corrected chi connectivity index (χ3v) is 6.32. The number of anilines is 1. The van der Waals surface area contributed by atoms with Crippen LogP contribution in [0.25, 0.3) is 11.5 Å². The summed E-state index contributed by atoms with van der Waals surface area (Å²) < 4.78 is 37.7. The van der Waals surface area contributed by atoms with E-state index in [9.17, 15) is 13.2 Å². The molecule has 0 unspecified atom stereocenters. The van der Waals surface area contributed by atoms with E-state index in [0.29, 0.717) is 12.2 Å². The highest BCUT2D eigenvalue weighted by Gasteiger charge is 2.23. The van der Waals surface area contributed by atoms with Crippen molar-refractivity contribution >= 4 is 21.9 Å². The van der Waals surface area contributed by atoms with Crippen LogP contribution in [0, 0.1) is 0 Å². The molecule has 10 heteroatoms. The molecule has 0 spiro atoms. The molecule has 0 aliphatic heterocycles. The molecular weight excluding hydrogens is 444 g/mol. The van der Waals surface area contributed by atoms with Gasteiger partial charge in [0.15, 0.2) is 0 Å². The van der Waals surface area contributed by atoms with Crippen LogP contribution in [0.2, 0.25) is 0 Å². The number of sulfonamides is 1. The van der Waals surface area contributed by atoms with Gasteiger partial charge in [0.2, 0.25) is 15.9 Å². The smallest absolute Gasteiger partial charge is 0.322 e. The summed E-state index contributed by atoms with van der Waals surface area (Å²) in [5.74, 6) is 0.436. The van der Waals surface area contributed by atoms with Gasteiger partial charge in [-0.1, -0.05) is 17.3 Å². The fraction of sp³-hybridized carbons (Fsp3) is 0.174. The van der Waals surface area contributed by atoms with Gasteiger partial charge < -0.3 is 9.15 Å². The summed E-state index contributed by atoms with van der Waals surface area (Å²) in [5.41, 5.74) is 0.901.